The van der Waals surface area contributed by atoms with Gasteiger partial charge in [-0.2, -0.15) is 5.26 Å². The summed E-state index contributed by atoms with van der Waals surface area (Å²) < 4.78 is 11.7. The molecule has 6 heteroatoms. The van der Waals surface area contributed by atoms with Crippen LogP contribution in [0.2, 0.25) is 5.02 Å². The van der Waals surface area contributed by atoms with Crippen LogP contribution in [-0.4, -0.2) is 12.5 Å². The van der Waals surface area contributed by atoms with Crippen LogP contribution < -0.4 is 14.8 Å². The van der Waals surface area contributed by atoms with Crippen LogP contribution in [0.15, 0.2) is 72.3 Å². The average molecular weight is 447 g/mol. The summed E-state index contributed by atoms with van der Waals surface area (Å²) in [5.74, 6) is 0.584. The van der Waals surface area contributed by atoms with Crippen molar-refractivity contribution in [1.82, 2.24) is 0 Å². The number of nitrogens with zero attached hydrogens (tertiary/aromatic N) is 1. The fourth-order valence-corrected chi connectivity index (χ4v) is 3.22. The second-order valence-electron chi connectivity index (χ2n) is 7.02. The number of nitrogens with one attached hydrogen (secondary N) is 1. The highest BCUT2D eigenvalue weighted by Crippen LogP contribution is 2.30. The highest BCUT2D eigenvalue weighted by molar-refractivity contribution is 6.34. The summed E-state index contributed by atoms with van der Waals surface area (Å²) in [5, 5.41) is 12.6. The zero-order valence-corrected chi connectivity index (χ0v) is 18.6. The molecule has 32 heavy (non-hydrogen) atoms. The predicted molar refractivity (Wildman–Crippen MR) is 127 cm³/mol. The second-order valence-corrected chi connectivity index (χ2v) is 7.43. The highest BCUT2D eigenvalue weighted by atomic mass is 35.5. The first-order valence-electron chi connectivity index (χ1n) is 10.1. The SMILES string of the molecule is CCOc1cc(/C=C(\C#N)C(=O)Nc2ccccc2Cl)ccc1OCc1cccc(C)c1. The molecule has 0 aliphatic heterocycles. The number of nitriles is 1. The number of carbonyl (C=O) groups excluding carboxylic acids is 1. The molecule has 5 nitrogen and oxygen atoms in total. The molecule has 0 bridgehead atoms. The molecule has 0 radical (unpaired) electrons. The van der Waals surface area contributed by atoms with Gasteiger partial charge < -0.3 is 14.8 Å². The van der Waals surface area contributed by atoms with E-state index in [9.17, 15) is 10.1 Å². The summed E-state index contributed by atoms with van der Waals surface area (Å²) in [6, 6.07) is 22.2. The standard InChI is InChI=1S/C26H23ClN2O3/c1-3-31-25-15-19(11-12-24(25)32-17-20-8-6-7-18(2)13-20)14-21(16-28)26(30)29-23-10-5-4-9-22(23)27/h4-15H,3,17H2,1-2H3,(H,29,30)/b21-14+. The molecule has 1 N–H and O–H groups in total. The fraction of sp³-hybridized carbons (Fsp3) is 0.154. The predicted octanol–water partition coefficient (Wildman–Crippen LogP) is 6.17. The van der Waals surface area contributed by atoms with Crippen molar-refractivity contribution in [2.75, 3.05) is 11.9 Å². The third kappa shape index (κ3) is 6.13. The third-order valence-corrected chi connectivity index (χ3v) is 4.87. The Bertz CT molecular complexity index is 1180. The number of para-hydroxylation sites is 1. The van der Waals surface area contributed by atoms with Gasteiger partial charge in [0.15, 0.2) is 11.5 Å². The Hall–Kier alpha value is -3.75. The van der Waals surface area contributed by atoms with Gasteiger partial charge >= 0.3 is 0 Å². The van der Waals surface area contributed by atoms with Crippen molar-refractivity contribution in [2.24, 2.45) is 0 Å². The lowest BCUT2D eigenvalue weighted by atomic mass is 10.1. The minimum absolute atomic E-state index is 0.0548. The van der Waals surface area contributed by atoms with E-state index in [1.807, 2.05) is 38.1 Å². The molecule has 0 aromatic heterocycles. The van der Waals surface area contributed by atoms with E-state index in [0.29, 0.717) is 41.0 Å². The number of amides is 1. The summed E-state index contributed by atoms with van der Waals surface area (Å²) in [6.07, 6.45) is 1.50. The third-order valence-electron chi connectivity index (χ3n) is 4.54. The number of rotatable bonds is 8. The molecule has 3 rings (SSSR count). The van der Waals surface area contributed by atoms with Gasteiger partial charge in [-0.3, -0.25) is 4.79 Å². The second kappa shape index (κ2) is 11.0. The van der Waals surface area contributed by atoms with Gasteiger partial charge in [0, 0.05) is 0 Å². The highest BCUT2D eigenvalue weighted by Gasteiger charge is 2.13. The van der Waals surface area contributed by atoms with Crippen molar-refractivity contribution in [3.63, 3.8) is 0 Å². The molecule has 0 atom stereocenters. The molecule has 0 aliphatic rings. The van der Waals surface area contributed by atoms with Gasteiger partial charge in [0.2, 0.25) is 0 Å². The summed E-state index contributed by atoms with van der Waals surface area (Å²) in [5.41, 5.74) is 3.24. The molecule has 1 amide bonds. The molecule has 0 saturated heterocycles. The maximum absolute atomic E-state index is 12.5. The molecule has 162 valence electrons. The van der Waals surface area contributed by atoms with Crippen molar-refractivity contribution in [3.8, 4) is 17.6 Å². The first kappa shape index (κ1) is 22.9. The molecular formula is C26H23ClN2O3. The lowest BCUT2D eigenvalue weighted by molar-refractivity contribution is -0.112. The van der Waals surface area contributed by atoms with Gasteiger partial charge in [-0.25, -0.2) is 0 Å². The number of anilines is 1. The van der Waals surface area contributed by atoms with E-state index < -0.39 is 5.91 Å². The van der Waals surface area contributed by atoms with Crippen LogP contribution in [0.1, 0.15) is 23.6 Å². The first-order valence-corrected chi connectivity index (χ1v) is 10.5. The van der Waals surface area contributed by atoms with Gasteiger partial charge in [0.05, 0.1) is 17.3 Å². The van der Waals surface area contributed by atoms with Crippen molar-refractivity contribution in [2.45, 2.75) is 20.5 Å². The van der Waals surface area contributed by atoms with E-state index in [1.54, 1.807) is 42.5 Å². The van der Waals surface area contributed by atoms with Crippen molar-refractivity contribution >= 4 is 29.3 Å². The van der Waals surface area contributed by atoms with Crippen LogP contribution >= 0.6 is 11.6 Å². The number of aryl methyl sites for hydroxylation is 1. The Kier molecular flexibility index (Phi) is 7.91. The summed E-state index contributed by atoms with van der Waals surface area (Å²) in [4.78, 5) is 12.5. The topological polar surface area (TPSA) is 71.3 Å². The largest absolute Gasteiger partial charge is 0.490 e. The molecule has 3 aromatic carbocycles. The average Bonchev–Trinajstić information content (AvgIpc) is 2.78. The lowest BCUT2D eigenvalue weighted by Crippen LogP contribution is -2.13. The molecule has 0 spiro atoms. The van der Waals surface area contributed by atoms with Gasteiger partial charge in [-0.1, -0.05) is 59.6 Å². The van der Waals surface area contributed by atoms with Crippen LogP contribution in [0.25, 0.3) is 6.08 Å². The molecule has 0 fully saturated rings. The Morgan fingerprint density at radius 2 is 1.88 bits per heavy atom. The number of hydrogen-bond acceptors (Lipinski definition) is 4. The molecular weight excluding hydrogens is 424 g/mol. The fourth-order valence-electron chi connectivity index (χ4n) is 3.03. The molecule has 0 unspecified atom stereocenters. The Morgan fingerprint density at radius 1 is 1.06 bits per heavy atom. The van der Waals surface area contributed by atoms with Crippen LogP contribution in [0, 0.1) is 18.3 Å². The molecule has 0 saturated carbocycles. The molecule has 3 aromatic rings. The first-order chi connectivity index (χ1) is 15.5. The quantitative estimate of drug-likeness (QED) is 0.331. The zero-order chi connectivity index (χ0) is 22.9. The maximum Gasteiger partial charge on any atom is 0.266 e. The lowest BCUT2D eigenvalue weighted by Gasteiger charge is -2.13. The van der Waals surface area contributed by atoms with Crippen molar-refractivity contribution in [1.29, 1.82) is 5.26 Å². The normalized spacial score (nSPS) is 10.9. The summed E-state index contributed by atoms with van der Waals surface area (Å²) >= 11 is 6.08. The number of halogens is 1. The monoisotopic (exact) mass is 446 g/mol. The Labute approximate surface area is 192 Å². The number of benzene rings is 3. The minimum atomic E-state index is -0.543. The van der Waals surface area contributed by atoms with E-state index in [2.05, 4.69) is 11.4 Å². The minimum Gasteiger partial charge on any atom is -0.490 e. The Balaban J connectivity index is 1.79. The van der Waals surface area contributed by atoms with Crippen LogP contribution in [0.3, 0.4) is 0 Å². The van der Waals surface area contributed by atoms with E-state index in [4.69, 9.17) is 21.1 Å². The van der Waals surface area contributed by atoms with Gasteiger partial charge in [-0.15, -0.1) is 0 Å². The van der Waals surface area contributed by atoms with Crippen molar-refractivity contribution in [3.05, 3.63) is 94.0 Å². The van der Waals surface area contributed by atoms with Crippen LogP contribution in [0.5, 0.6) is 11.5 Å². The number of ether oxygens (including phenoxy) is 2. The Morgan fingerprint density at radius 3 is 2.59 bits per heavy atom. The van der Waals surface area contributed by atoms with E-state index >= 15 is 0 Å². The van der Waals surface area contributed by atoms with E-state index in [1.165, 1.54) is 6.08 Å². The number of carbonyl (C=O) groups is 1. The van der Waals surface area contributed by atoms with Crippen LogP contribution in [-0.2, 0) is 11.4 Å². The van der Waals surface area contributed by atoms with Gasteiger partial charge in [0.25, 0.3) is 5.91 Å². The summed E-state index contributed by atoms with van der Waals surface area (Å²) in [6.45, 7) is 4.77. The summed E-state index contributed by atoms with van der Waals surface area (Å²) in [7, 11) is 0. The smallest absolute Gasteiger partial charge is 0.266 e. The van der Waals surface area contributed by atoms with Gasteiger partial charge in [0.1, 0.15) is 18.2 Å². The van der Waals surface area contributed by atoms with E-state index in [-0.39, 0.29) is 5.57 Å². The molecule has 0 heterocycles. The van der Waals surface area contributed by atoms with Gasteiger partial charge in [-0.05, 0) is 55.3 Å². The zero-order valence-electron chi connectivity index (χ0n) is 17.9. The maximum atomic E-state index is 12.5. The van der Waals surface area contributed by atoms with Crippen LogP contribution in [0.4, 0.5) is 5.69 Å². The molecule has 0 aliphatic carbocycles. The van der Waals surface area contributed by atoms with E-state index in [0.717, 1.165) is 11.1 Å². The number of hydrogen-bond donors (Lipinski definition) is 1. The van der Waals surface area contributed by atoms with Crippen molar-refractivity contribution < 1.29 is 14.3 Å².